The normalized spacial score (nSPS) is 23.4. The van der Waals surface area contributed by atoms with Crippen molar-refractivity contribution in [1.29, 1.82) is 0 Å². The van der Waals surface area contributed by atoms with Gasteiger partial charge in [-0.3, -0.25) is 4.90 Å². The molecule has 1 aliphatic heterocycles. The van der Waals surface area contributed by atoms with Gasteiger partial charge in [0.2, 0.25) is 0 Å². The number of aliphatic hydroxyl groups excluding tert-OH is 1. The quantitative estimate of drug-likeness (QED) is 0.919. The number of pyridine rings is 1. The number of hydrogen-bond donors (Lipinski definition) is 1. The van der Waals surface area contributed by atoms with Crippen LogP contribution in [-0.2, 0) is 6.54 Å². The minimum absolute atomic E-state index is 0.163. The van der Waals surface area contributed by atoms with Crippen LogP contribution >= 0.6 is 0 Å². The Labute approximate surface area is 122 Å². The van der Waals surface area contributed by atoms with Crippen LogP contribution in [0.4, 0.5) is 5.82 Å². The third-order valence-electron chi connectivity index (χ3n) is 3.89. The first-order valence-electron chi connectivity index (χ1n) is 7.38. The molecule has 0 aliphatic carbocycles. The summed E-state index contributed by atoms with van der Waals surface area (Å²) in [4.78, 5) is 8.91. The van der Waals surface area contributed by atoms with Gasteiger partial charge in [-0.05, 0) is 29.9 Å². The van der Waals surface area contributed by atoms with E-state index in [2.05, 4.69) is 35.9 Å². The lowest BCUT2D eigenvalue weighted by molar-refractivity contribution is 0.121. The Balaban J connectivity index is 2.01. The minimum Gasteiger partial charge on any atom is -0.393 e. The van der Waals surface area contributed by atoms with Crippen molar-refractivity contribution in [2.45, 2.75) is 39.3 Å². The van der Waals surface area contributed by atoms with Crippen molar-refractivity contribution in [2.75, 3.05) is 32.1 Å². The van der Waals surface area contributed by atoms with E-state index in [-0.39, 0.29) is 11.5 Å². The van der Waals surface area contributed by atoms with E-state index in [0.717, 1.165) is 38.3 Å². The van der Waals surface area contributed by atoms with Gasteiger partial charge in [0.25, 0.3) is 0 Å². The van der Waals surface area contributed by atoms with Crippen molar-refractivity contribution >= 4 is 5.82 Å². The summed E-state index contributed by atoms with van der Waals surface area (Å²) >= 11 is 0. The number of aliphatic hydroxyl groups is 1. The topological polar surface area (TPSA) is 39.6 Å². The van der Waals surface area contributed by atoms with Crippen LogP contribution in [0.1, 0.15) is 32.3 Å². The molecule has 1 unspecified atom stereocenters. The molecule has 0 radical (unpaired) electrons. The third kappa shape index (κ3) is 4.18. The minimum atomic E-state index is -0.163. The zero-order valence-corrected chi connectivity index (χ0v) is 13.1. The summed E-state index contributed by atoms with van der Waals surface area (Å²) in [7, 11) is 4.00. The fourth-order valence-corrected chi connectivity index (χ4v) is 2.99. The standard InChI is InChI=1S/C16H27N3O/c1-16(2)9-14(20)7-8-19(12-16)11-13-5-6-15(17-10-13)18(3)4/h5-6,10,14,20H,7-9,11-12H2,1-4H3. The van der Waals surface area contributed by atoms with Gasteiger partial charge in [0.05, 0.1) is 6.10 Å². The van der Waals surface area contributed by atoms with Crippen LogP contribution < -0.4 is 4.90 Å². The summed E-state index contributed by atoms with van der Waals surface area (Å²) in [5.74, 6) is 0.986. The van der Waals surface area contributed by atoms with Crippen molar-refractivity contribution in [2.24, 2.45) is 5.41 Å². The van der Waals surface area contributed by atoms with Crippen molar-refractivity contribution < 1.29 is 5.11 Å². The van der Waals surface area contributed by atoms with Crippen LogP contribution in [0.15, 0.2) is 18.3 Å². The van der Waals surface area contributed by atoms with Crippen LogP contribution in [0, 0.1) is 5.41 Å². The average molecular weight is 277 g/mol. The lowest BCUT2D eigenvalue weighted by Gasteiger charge is -2.29. The van der Waals surface area contributed by atoms with Gasteiger partial charge in [-0.25, -0.2) is 4.98 Å². The molecule has 0 aromatic carbocycles. The van der Waals surface area contributed by atoms with Crippen LogP contribution in [0.2, 0.25) is 0 Å². The van der Waals surface area contributed by atoms with Crippen molar-refractivity contribution in [3.05, 3.63) is 23.9 Å². The molecule has 2 heterocycles. The van der Waals surface area contributed by atoms with Gasteiger partial charge in [0.1, 0.15) is 5.82 Å². The summed E-state index contributed by atoms with van der Waals surface area (Å²) in [5.41, 5.74) is 1.41. The SMILES string of the molecule is CN(C)c1ccc(CN2CCC(O)CC(C)(C)C2)cn1. The molecule has 0 amide bonds. The number of rotatable bonds is 3. The second kappa shape index (κ2) is 6.10. The van der Waals surface area contributed by atoms with Crippen LogP contribution in [-0.4, -0.2) is 48.3 Å². The number of nitrogens with zero attached hydrogens (tertiary/aromatic N) is 3. The highest BCUT2D eigenvalue weighted by Crippen LogP contribution is 2.29. The number of aromatic nitrogens is 1. The summed E-state index contributed by atoms with van der Waals surface area (Å²) in [6.45, 7) is 7.38. The van der Waals surface area contributed by atoms with Crippen molar-refractivity contribution in [1.82, 2.24) is 9.88 Å². The van der Waals surface area contributed by atoms with E-state index in [1.165, 1.54) is 5.56 Å². The van der Waals surface area contributed by atoms with Gasteiger partial charge < -0.3 is 10.0 Å². The van der Waals surface area contributed by atoms with Gasteiger partial charge in [-0.2, -0.15) is 0 Å². The molecule has 20 heavy (non-hydrogen) atoms. The van der Waals surface area contributed by atoms with Crippen LogP contribution in [0.3, 0.4) is 0 Å². The van der Waals surface area contributed by atoms with Crippen molar-refractivity contribution in [3.8, 4) is 0 Å². The van der Waals surface area contributed by atoms with E-state index in [9.17, 15) is 5.11 Å². The zero-order valence-electron chi connectivity index (χ0n) is 13.1. The number of anilines is 1. The molecule has 1 atom stereocenters. The Kier molecular flexibility index (Phi) is 4.66. The molecule has 1 aromatic rings. The van der Waals surface area contributed by atoms with E-state index in [1.807, 2.05) is 25.2 Å². The highest BCUT2D eigenvalue weighted by molar-refractivity contribution is 5.37. The molecule has 112 valence electrons. The predicted octanol–water partition coefficient (Wildman–Crippen LogP) is 2.13. The Hall–Kier alpha value is -1.13. The highest BCUT2D eigenvalue weighted by atomic mass is 16.3. The van der Waals surface area contributed by atoms with E-state index < -0.39 is 0 Å². The Morgan fingerprint density at radius 3 is 2.75 bits per heavy atom. The van der Waals surface area contributed by atoms with Gasteiger partial charge in [0, 0.05) is 39.9 Å². The fraction of sp³-hybridized carbons (Fsp3) is 0.688. The molecule has 1 saturated heterocycles. The van der Waals surface area contributed by atoms with E-state index in [1.54, 1.807) is 0 Å². The van der Waals surface area contributed by atoms with Crippen molar-refractivity contribution in [3.63, 3.8) is 0 Å². The Bertz CT molecular complexity index is 428. The second-order valence-corrected chi connectivity index (χ2v) is 6.94. The molecule has 1 fully saturated rings. The molecule has 0 spiro atoms. The first-order valence-corrected chi connectivity index (χ1v) is 7.38. The number of likely N-dealkylation sites (tertiary alicyclic amines) is 1. The maximum absolute atomic E-state index is 9.96. The summed E-state index contributed by atoms with van der Waals surface area (Å²) in [5, 5.41) is 9.96. The monoisotopic (exact) mass is 277 g/mol. The van der Waals surface area contributed by atoms with Gasteiger partial charge in [0.15, 0.2) is 0 Å². The summed E-state index contributed by atoms with van der Waals surface area (Å²) in [6, 6.07) is 4.21. The Morgan fingerprint density at radius 1 is 1.40 bits per heavy atom. The molecule has 1 N–H and O–H groups in total. The third-order valence-corrected chi connectivity index (χ3v) is 3.89. The second-order valence-electron chi connectivity index (χ2n) is 6.94. The smallest absolute Gasteiger partial charge is 0.127 e. The molecule has 4 heteroatoms. The molecular formula is C16H27N3O. The molecule has 1 aromatic heterocycles. The maximum atomic E-state index is 9.96. The molecule has 1 aliphatic rings. The molecule has 0 saturated carbocycles. The summed E-state index contributed by atoms with van der Waals surface area (Å²) < 4.78 is 0. The summed E-state index contributed by atoms with van der Waals surface area (Å²) in [6.07, 6.45) is 3.56. The largest absolute Gasteiger partial charge is 0.393 e. The zero-order chi connectivity index (χ0) is 14.8. The fourth-order valence-electron chi connectivity index (χ4n) is 2.99. The highest BCUT2D eigenvalue weighted by Gasteiger charge is 2.28. The first-order chi connectivity index (χ1) is 9.35. The molecule has 2 rings (SSSR count). The predicted molar refractivity (Wildman–Crippen MR) is 82.9 cm³/mol. The van der Waals surface area contributed by atoms with Gasteiger partial charge in [-0.15, -0.1) is 0 Å². The van der Waals surface area contributed by atoms with Gasteiger partial charge >= 0.3 is 0 Å². The number of hydrogen-bond acceptors (Lipinski definition) is 4. The first kappa shape index (κ1) is 15.3. The maximum Gasteiger partial charge on any atom is 0.127 e. The van der Waals surface area contributed by atoms with E-state index in [0.29, 0.717) is 0 Å². The van der Waals surface area contributed by atoms with Crippen LogP contribution in [0.5, 0.6) is 0 Å². The van der Waals surface area contributed by atoms with Gasteiger partial charge in [-0.1, -0.05) is 19.9 Å². The molecular weight excluding hydrogens is 250 g/mol. The van der Waals surface area contributed by atoms with E-state index in [4.69, 9.17) is 0 Å². The lowest BCUT2D eigenvalue weighted by atomic mass is 9.87. The average Bonchev–Trinajstić information content (AvgIpc) is 2.47. The van der Waals surface area contributed by atoms with Crippen LogP contribution in [0.25, 0.3) is 0 Å². The molecule has 4 nitrogen and oxygen atoms in total. The van der Waals surface area contributed by atoms with E-state index >= 15 is 0 Å². The molecule has 0 bridgehead atoms. The lowest BCUT2D eigenvalue weighted by Crippen LogP contribution is -2.32. The Morgan fingerprint density at radius 2 is 2.15 bits per heavy atom.